The van der Waals surface area contributed by atoms with Crippen LogP contribution in [0.2, 0.25) is 0 Å². The fraction of sp³-hybridized carbons (Fsp3) is 0.300. The summed E-state index contributed by atoms with van der Waals surface area (Å²) in [6, 6.07) is 20.0. The fourth-order valence-electron chi connectivity index (χ4n) is 5.02. The second kappa shape index (κ2) is 9.72. The van der Waals surface area contributed by atoms with E-state index in [0.29, 0.717) is 5.56 Å². The summed E-state index contributed by atoms with van der Waals surface area (Å²) in [6.45, 7) is 8.14. The highest BCUT2D eigenvalue weighted by Crippen LogP contribution is 2.39. The van der Waals surface area contributed by atoms with E-state index >= 15 is 0 Å². The monoisotopic (exact) mass is 493 g/mol. The normalized spacial score (nSPS) is 16.1. The molecule has 7 heteroatoms. The van der Waals surface area contributed by atoms with Crippen molar-refractivity contribution in [2.75, 3.05) is 36.5 Å². The van der Waals surface area contributed by atoms with Gasteiger partial charge in [-0.2, -0.15) is 5.26 Å². The van der Waals surface area contributed by atoms with Gasteiger partial charge in [0, 0.05) is 48.4 Å². The summed E-state index contributed by atoms with van der Waals surface area (Å²) < 4.78 is 5.96. The molecule has 188 valence electrons. The summed E-state index contributed by atoms with van der Waals surface area (Å²) in [7, 11) is 1.71. The second-order valence-electron chi connectivity index (χ2n) is 10.0. The van der Waals surface area contributed by atoms with Crippen LogP contribution in [0.3, 0.4) is 0 Å². The molecular weight excluding hydrogens is 462 g/mol. The van der Waals surface area contributed by atoms with Crippen molar-refractivity contribution >= 4 is 22.4 Å². The smallest absolute Gasteiger partial charge is 0.153 e. The van der Waals surface area contributed by atoms with Crippen LogP contribution in [0.25, 0.3) is 22.0 Å². The number of hydrogen-bond acceptors (Lipinski definition) is 7. The molecule has 2 aromatic heterocycles. The first-order valence-electron chi connectivity index (χ1n) is 12.5. The summed E-state index contributed by atoms with van der Waals surface area (Å²) in [5.74, 6) is 1.73. The third kappa shape index (κ3) is 4.68. The highest BCUT2D eigenvalue weighted by Gasteiger charge is 2.28. The van der Waals surface area contributed by atoms with Crippen molar-refractivity contribution in [2.24, 2.45) is 0 Å². The third-order valence-corrected chi connectivity index (χ3v) is 7.08. The molecule has 1 aliphatic heterocycles. The van der Waals surface area contributed by atoms with Gasteiger partial charge in [0.25, 0.3) is 0 Å². The summed E-state index contributed by atoms with van der Waals surface area (Å²) in [6.07, 6.45) is 3.67. The Balaban J connectivity index is 1.42. The first kappa shape index (κ1) is 24.5. The van der Waals surface area contributed by atoms with Crippen LogP contribution in [0.1, 0.15) is 31.9 Å². The lowest BCUT2D eigenvalue weighted by molar-refractivity contribution is 0.0782. The van der Waals surface area contributed by atoms with Gasteiger partial charge in [0.1, 0.15) is 5.82 Å². The van der Waals surface area contributed by atoms with Crippen molar-refractivity contribution in [1.82, 2.24) is 9.97 Å². The molecule has 1 atom stereocenters. The molecule has 1 N–H and O–H groups in total. The lowest BCUT2D eigenvalue weighted by Crippen LogP contribution is -2.52. The predicted molar refractivity (Wildman–Crippen MR) is 147 cm³/mol. The molecule has 0 aliphatic carbocycles. The molecule has 4 aromatic rings. The van der Waals surface area contributed by atoms with Crippen LogP contribution in [0, 0.1) is 11.3 Å². The number of piperazine rings is 1. The molecule has 5 rings (SSSR count). The van der Waals surface area contributed by atoms with Gasteiger partial charge in [-0.3, -0.25) is 4.98 Å². The number of rotatable bonds is 5. The van der Waals surface area contributed by atoms with Crippen molar-refractivity contribution in [1.29, 1.82) is 5.26 Å². The Kier molecular flexibility index (Phi) is 6.45. The van der Waals surface area contributed by atoms with Gasteiger partial charge in [-0.15, -0.1) is 0 Å². The number of hydrogen-bond donors (Lipinski definition) is 1. The van der Waals surface area contributed by atoms with Crippen LogP contribution in [0.5, 0.6) is 5.75 Å². The minimum Gasteiger partial charge on any atom is -0.494 e. The number of pyridine rings is 2. The maximum absolute atomic E-state index is 10.2. The summed E-state index contributed by atoms with van der Waals surface area (Å²) in [5, 5.41) is 20.3. The van der Waals surface area contributed by atoms with Crippen LogP contribution in [0.15, 0.2) is 67.0 Å². The van der Waals surface area contributed by atoms with Gasteiger partial charge < -0.3 is 19.6 Å². The van der Waals surface area contributed by atoms with E-state index in [4.69, 9.17) is 15.0 Å². The molecular formula is C30H31N5O2. The topological polar surface area (TPSA) is 85.5 Å². The van der Waals surface area contributed by atoms with Gasteiger partial charge in [-0.05, 0) is 50.6 Å². The molecule has 0 radical (unpaired) electrons. The lowest BCUT2D eigenvalue weighted by atomic mass is 10.00. The number of para-hydroxylation sites is 1. The van der Waals surface area contributed by atoms with E-state index in [9.17, 15) is 5.11 Å². The Morgan fingerprint density at radius 3 is 2.43 bits per heavy atom. The molecule has 37 heavy (non-hydrogen) atoms. The van der Waals surface area contributed by atoms with Gasteiger partial charge in [0.15, 0.2) is 5.75 Å². The zero-order chi connectivity index (χ0) is 26.2. The molecule has 0 amide bonds. The minimum atomic E-state index is -0.907. The first-order chi connectivity index (χ1) is 17.8. The first-order valence-corrected chi connectivity index (χ1v) is 12.5. The molecule has 2 aromatic carbocycles. The van der Waals surface area contributed by atoms with Gasteiger partial charge in [-0.1, -0.05) is 30.3 Å². The van der Waals surface area contributed by atoms with Crippen LogP contribution < -0.4 is 14.5 Å². The quantitative estimate of drug-likeness (QED) is 0.413. The molecule has 1 saturated heterocycles. The minimum absolute atomic E-state index is 0.222. The number of methoxy groups -OCH3 is 1. The molecule has 0 bridgehead atoms. The van der Waals surface area contributed by atoms with Crippen LogP contribution in [0.4, 0.5) is 11.5 Å². The molecule has 0 saturated carbocycles. The van der Waals surface area contributed by atoms with E-state index in [1.54, 1.807) is 27.2 Å². The van der Waals surface area contributed by atoms with E-state index in [-0.39, 0.29) is 6.04 Å². The van der Waals surface area contributed by atoms with Gasteiger partial charge in [0.05, 0.1) is 41.7 Å². The zero-order valence-electron chi connectivity index (χ0n) is 21.6. The fourth-order valence-corrected chi connectivity index (χ4v) is 5.02. The number of anilines is 2. The Bertz CT molecular complexity index is 1450. The highest BCUT2D eigenvalue weighted by atomic mass is 16.5. The van der Waals surface area contributed by atoms with E-state index in [1.807, 2.05) is 60.8 Å². The zero-order valence-corrected chi connectivity index (χ0v) is 21.6. The van der Waals surface area contributed by atoms with E-state index < -0.39 is 5.60 Å². The Hall–Kier alpha value is -4.15. The molecule has 1 aliphatic rings. The Morgan fingerprint density at radius 2 is 1.81 bits per heavy atom. The van der Waals surface area contributed by atoms with Crippen LogP contribution in [-0.4, -0.2) is 47.9 Å². The van der Waals surface area contributed by atoms with Crippen LogP contribution >= 0.6 is 0 Å². The van der Waals surface area contributed by atoms with Crippen molar-refractivity contribution < 1.29 is 9.84 Å². The lowest BCUT2D eigenvalue weighted by Gasteiger charge is -2.42. The summed E-state index contributed by atoms with van der Waals surface area (Å²) >= 11 is 0. The molecule has 7 nitrogen and oxygen atoms in total. The van der Waals surface area contributed by atoms with Gasteiger partial charge in [-0.25, -0.2) is 4.98 Å². The summed E-state index contributed by atoms with van der Waals surface area (Å²) in [5.41, 5.74) is 4.39. The number of nitriles is 1. The van der Waals surface area contributed by atoms with E-state index in [2.05, 4.69) is 27.8 Å². The van der Waals surface area contributed by atoms with Gasteiger partial charge >= 0.3 is 0 Å². The van der Waals surface area contributed by atoms with Crippen molar-refractivity contribution in [3.8, 4) is 22.9 Å². The molecule has 3 heterocycles. The Labute approximate surface area is 217 Å². The average Bonchev–Trinajstić information content (AvgIpc) is 2.91. The Morgan fingerprint density at radius 1 is 1.03 bits per heavy atom. The van der Waals surface area contributed by atoms with Crippen molar-refractivity contribution in [3.63, 3.8) is 0 Å². The average molecular weight is 494 g/mol. The maximum Gasteiger partial charge on any atom is 0.153 e. The number of nitrogens with zero attached hydrogens (tertiary/aromatic N) is 5. The van der Waals surface area contributed by atoms with Crippen molar-refractivity contribution in [3.05, 3.63) is 78.1 Å². The molecule has 1 fully saturated rings. The van der Waals surface area contributed by atoms with E-state index in [0.717, 1.165) is 64.5 Å². The standard InChI is InChI=1S/C30H31N5O2/c1-20-19-34(14-15-35(20)27-13-12-23(17-32-27)30(2,3)36)26-18-33-28-24(6-5-7-25(28)29(26)37-4)22-10-8-21(16-31)9-11-22/h5-13,17-18,20,36H,14-15,19H2,1-4H3. The largest absolute Gasteiger partial charge is 0.494 e. The van der Waals surface area contributed by atoms with E-state index in [1.165, 1.54) is 0 Å². The SMILES string of the molecule is COc1c(N2CCN(c3ccc(C(C)(C)O)cn3)C(C)C2)cnc2c(-c3ccc(C#N)cc3)cccc12. The summed E-state index contributed by atoms with van der Waals surface area (Å²) in [4.78, 5) is 14.1. The molecule has 0 spiro atoms. The van der Waals surface area contributed by atoms with Crippen LogP contribution in [-0.2, 0) is 5.60 Å². The third-order valence-electron chi connectivity index (χ3n) is 7.08. The predicted octanol–water partition coefficient (Wildman–Crippen LogP) is 5.12. The number of benzene rings is 2. The maximum atomic E-state index is 10.2. The molecule has 1 unspecified atom stereocenters. The number of ether oxygens (including phenoxy) is 1. The van der Waals surface area contributed by atoms with Gasteiger partial charge in [0.2, 0.25) is 0 Å². The van der Waals surface area contributed by atoms with Crippen molar-refractivity contribution in [2.45, 2.75) is 32.4 Å². The number of aliphatic hydroxyl groups is 1. The second-order valence-corrected chi connectivity index (χ2v) is 10.0. The number of aromatic nitrogens is 2. The highest BCUT2D eigenvalue weighted by molar-refractivity contribution is 5.99. The number of fused-ring (bicyclic) bond motifs is 1.